The van der Waals surface area contributed by atoms with Gasteiger partial charge in [0.25, 0.3) is 5.91 Å². The maximum atomic E-state index is 12.3. The summed E-state index contributed by atoms with van der Waals surface area (Å²) in [6.07, 6.45) is 0. The van der Waals surface area contributed by atoms with Gasteiger partial charge in [-0.2, -0.15) is 5.10 Å². The maximum Gasteiger partial charge on any atom is 0.257 e. The smallest absolute Gasteiger partial charge is 0.257 e. The molecule has 0 fully saturated rings. The Morgan fingerprint density at radius 3 is 2.70 bits per heavy atom. The number of carbonyl (C=O) groups excluding carboxylic acids is 1. The van der Waals surface area contributed by atoms with Gasteiger partial charge in [0.15, 0.2) is 5.13 Å². The molecular formula is C17H18N4OS. The molecule has 0 aliphatic heterocycles. The number of benzene rings is 1. The van der Waals surface area contributed by atoms with Gasteiger partial charge in [-0.25, -0.2) is 4.98 Å². The maximum absolute atomic E-state index is 12.3. The number of anilines is 1. The van der Waals surface area contributed by atoms with Crippen molar-refractivity contribution in [1.82, 2.24) is 14.8 Å². The van der Waals surface area contributed by atoms with Gasteiger partial charge in [0.2, 0.25) is 0 Å². The van der Waals surface area contributed by atoms with Crippen molar-refractivity contribution in [3.8, 4) is 0 Å². The molecule has 0 radical (unpaired) electrons. The molecule has 0 saturated carbocycles. The molecule has 0 aliphatic rings. The summed E-state index contributed by atoms with van der Waals surface area (Å²) in [6.45, 7) is 6.56. The number of nitrogens with zero attached hydrogens (tertiary/aromatic N) is 3. The topological polar surface area (TPSA) is 59.8 Å². The molecule has 0 spiro atoms. The highest BCUT2D eigenvalue weighted by molar-refractivity contribution is 7.13. The van der Waals surface area contributed by atoms with Crippen molar-refractivity contribution in [3.63, 3.8) is 0 Å². The van der Waals surface area contributed by atoms with Gasteiger partial charge in [0.1, 0.15) is 0 Å². The summed E-state index contributed by atoms with van der Waals surface area (Å²) in [4.78, 5) is 16.6. The Balaban J connectivity index is 1.76. The second-order valence-electron chi connectivity index (χ2n) is 5.53. The van der Waals surface area contributed by atoms with Crippen molar-refractivity contribution in [1.29, 1.82) is 0 Å². The van der Waals surface area contributed by atoms with E-state index in [4.69, 9.17) is 0 Å². The first-order chi connectivity index (χ1) is 11.0. The summed E-state index contributed by atoms with van der Waals surface area (Å²) in [5, 5.41) is 9.82. The highest BCUT2D eigenvalue weighted by Gasteiger charge is 2.10. The van der Waals surface area contributed by atoms with E-state index in [1.165, 1.54) is 11.3 Å². The lowest BCUT2D eigenvalue weighted by Crippen LogP contribution is -2.12. The fourth-order valence-electron chi connectivity index (χ4n) is 2.40. The van der Waals surface area contributed by atoms with Crippen LogP contribution >= 0.6 is 11.3 Å². The van der Waals surface area contributed by atoms with Gasteiger partial charge < -0.3 is 0 Å². The molecule has 1 aromatic carbocycles. The van der Waals surface area contributed by atoms with Crippen LogP contribution in [0, 0.1) is 20.8 Å². The van der Waals surface area contributed by atoms with E-state index in [9.17, 15) is 4.79 Å². The molecule has 118 valence electrons. The van der Waals surface area contributed by atoms with Crippen LogP contribution in [0.2, 0.25) is 0 Å². The van der Waals surface area contributed by atoms with Gasteiger partial charge >= 0.3 is 0 Å². The molecule has 6 heteroatoms. The standard InChI is InChI=1S/C17H18N4OS/c1-11-7-13(3)21(20-11)9-14-5-4-6-15(8-14)16(22)19-17-18-12(2)10-23-17/h4-8,10H,9H2,1-3H3,(H,18,19,22). The molecule has 0 atom stereocenters. The number of carbonyl (C=O) groups is 1. The van der Waals surface area contributed by atoms with Gasteiger partial charge in [-0.1, -0.05) is 12.1 Å². The normalized spacial score (nSPS) is 10.7. The van der Waals surface area contributed by atoms with Crippen LogP contribution in [0.4, 0.5) is 5.13 Å². The number of hydrogen-bond donors (Lipinski definition) is 1. The third-order valence-electron chi connectivity index (χ3n) is 3.46. The summed E-state index contributed by atoms with van der Waals surface area (Å²) in [5.74, 6) is -0.144. The monoisotopic (exact) mass is 326 g/mol. The molecule has 3 rings (SSSR count). The Morgan fingerprint density at radius 1 is 1.22 bits per heavy atom. The van der Waals surface area contributed by atoms with Crippen molar-refractivity contribution in [2.75, 3.05) is 5.32 Å². The summed E-state index contributed by atoms with van der Waals surface area (Å²) >= 11 is 1.43. The highest BCUT2D eigenvalue weighted by atomic mass is 32.1. The zero-order chi connectivity index (χ0) is 16.4. The lowest BCUT2D eigenvalue weighted by molar-refractivity contribution is 0.102. The second kappa shape index (κ2) is 6.34. The number of nitrogens with one attached hydrogen (secondary N) is 1. The molecular weight excluding hydrogens is 308 g/mol. The van der Waals surface area contributed by atoms with E-state index < -0.39 is 0 Å². The molecule has 0 saturated heterocycles. The molecule has 1 N–H and O–H groups in total. The number of hydrogen-bond acceptors (Lipinski definition) is 4. The molecule has 0 unspecified atom stereocenters. The minimum atomic E-state index is -0.144. The largest absolute Gasteiger partial charge is 0.298 e. The van der Waals surface area contributed by atoms with Crippen LogP contribution in [0.3, 0.4) is 0 Å². The molecule has 2 heterocycles. The number of thiazole rings is 1. The average molecular weight is 326 g/mol. The highest BCUT2D eigenvalue weighted by Crippen LogP contribution is 2.16. The van der Waals surface area contributed by atoms with E-state index in [0.29, 0.717) is 17.2 Å². The fourth-order valence-corrected chi connectivity index (χ4v) is 3.08. The van der Waals surface area contributed by atoms with E-state index in [1.807, 2.05) is 55.1 Å². The lowest BCUT2D eigenvalue weighted by atomic mass is 10.1. The molecule has 5 nitrogen and oxygen atoms in total. The first-order valence-corrected chi connectivity index (χ1v) is 8.23. The fraction of sp³-hybridized carbons (Fsp3) is 0.235. The Bertz CT molecular complexity index is 850. The van der Waals surface area contributed by atoms with Crippen LogP contribution < -0.4 is 5.32 Å². The van der Waals surface area contributed by atoms with Crippen molar-refractivity contribution in [2.24, 2.45) is 0 Å². The Kier molecular flexibility index (Phi) is 4.25. The van der Waals surface area contributed by atoms with Gasteiger partial charge in [-0.05, 0) is 44.5 Å². The SMILES string of the molecule is Cc1csc(NC(=O)c2cccc(Cn3nc(C)cc3C)c2)n1. The van der Waals surface area contributed by atoms with Crippen LogP contribution in [0.5, 0.6) is 0 Å². The second-order valence-corrected chi connectivity index (χ2v) is 6.39. The average Bonchev–Trinajstić information content (AvgIpc) is 3.05. The van der Waals surface area contributed by atoms with E-state index in [0.717, 1.165) is 22.6 Å². The van der Waals surface area contributed by atoms with Gasteiger partial charge in [-0.3, -0.25) is 14.8 Å². The molecule has 0 bridgehead atoms. The zero-order valence-electron chi connectivity index (χ0n) is 13.3. The minimum Gasteiger partial charge on any atom is -0.298 e. The summed E-state index contributed by atoms with van der Waals surface area (Å²) < 4.78 is 1.94. The van der Waals surface area contributed by atoms with Crippen molar-refractivity contribution in [2.45, 2.75) is 27.3 Å². The Hall–Kier alpha value is -2.47. The van der Waals surface area contributed by atoms with E-state index in [1.54, 1.807) is 6.07 Å². The summed E-state index contributed by atoms with van der Waals surface area (Å²) in [7, 11) is 0. The Labute approximate surface area is 139 Å². The lowest BCUT2D eigenvalue weighted by Gasteiger charge is -2.07. The molecule has 2 aromatic heterocycles. The number of rotatable bonds is 4. The third kappa shape index (κ3) is 3.65. The van der Waals surface area contributed by atoms with Crippen molar-refractivity contribution < 1.29 is 4.79 Å². The summed E-state index contributed by atoms with van der Waals surface area (Å²) in [5.41, 5.74) is 4.67. The van der Waals surface area contributed by atoms with Crippen LogP contribution in [0.15, 0.2) is 35.7 Å². The quantitative estimate of drug-likeness (QED) is 0.797. The molecule has 1 amide bonds. The predicted octanol–water partition coefficient (Wildman–Crippen LogP) is 3.57. The van der Waals surface area contributed by atoms with Crippen LogP contribution in [0.1, 0.15) is 33.0 Å². The zero-order valence-corrected chi connectivity index (χ0v) is 14.1. The van der Waals surface area contributed by atoms with Gasteiger partial charge in [0.05, 0.1) is 17.9 Å². The minimum absolute atomic E-state index is 0.144. The van der Waals surface area contributed by atoms with E-state index in [2.05, 4.69) is 15.4 Å². The van der Waals surface area contributed by atoms with E-state index in [-0.39, 0.29) is 5.91 Å². The van der Waals surface area contributed by atoms with Gasteiger partial charge in [-0.15, -0.1) is 11.3 Å². The molecule has 23 heavy (non-hydrogen) atoms. The third-order valence-corrected chi connectivity index (χ3v) is 4.34. The summed E-state index contributed by atoms with van der Waals surface area (Å²) in [6, 6.07) is 9.64. The van der Waals surface area contributed by atoms with E-state index >= 15 is 0 Å². The van der Waals surface area contributed by atoms with Crippen LogP contribution in [-0.4, -0.2) is 20.7 Å². The van der Waals surface area contributed by atoms with Crippen molar-refractivity contribution in [3.05, 3.63) is 63.9 Å². The number of aromatic nitrogens is 3. The number of amides is 1. The predicted molar refractivity (Wildman–Crippen MR) is 92.0 cm³/mol. The van der Waals surface area contributed by atoms with Gasteiger partial charge in [0, 0.05) is 16.6 Å². The molecule has 3 aromatic rings. The molecule has 0 aliphatic carbocycles. The van der Waals surface area contributed by atoms with Crippen molar-refractivity contribution >= 4 is 22.4 Å². The van der Waals surface area contributed by atoms with Crippen LogP contribution in [0.25, 0.3) is 0 Å². The Morgan fingerprint density at radius 2 is 2.04 bits per heavy atom. The van der Waals surface area contributed by atoms with Crippen LogP contribution in [-0.2, 0) is 6.54 Å². The first-order valence-electron chi connectivity index (χ1n) is 7.35. The first kappa shape index (κ1) is 15.4. The number of aryl methyl sites for hydroxylation is 3.